The molecule has 0 aliphatic rings. The maximum absolute atomic E-state index is 11.9. The number of nitrogens with zero attached hydrogens (tertiary/aromatic N) is 1. The molecule has 0 spiro atoms. The van der Waals surface area contributed by atoms with E-state index in [1.807, 2.05) is 27.0 Å². The number of amides is 1. The Labute approximate surface area is 115 Å². The van der Waals surface area contributed by atoms with E-state index in [4.69, 9.17) is 10.5 Å². The number of aryl methyl sites for hydroxylation is 2. The first-order chi connectivity index (χ1) is 8.99. The highest BCUT2D eigenvalue weighted by atomic mass is 16.5. The van der Waals surface area contributed by atoms with Gasteiger partial charge in [-0.15, -0.1) is 0 Å². The van der Waals surface area contributed by atoms with Crippen LogP contribution in [-0.4, -0.2) is 31.5 Å². The molecule has 0 atom stereocenters. The molecule has 4 nitrogen and oxygen atoms in total. The third-order valence-electron chi connectivity index (χ3n) is 3.21. The zero-order valence-electron chi connectivity index (χ0n) is 12.3. The first kappa shape index (κ1) is 15.5. The van der Waals surface area contributed by atoms with Crippen LogP contribution in [0.15, 0.2) is 12.1 Å². The molecule has 4 heteroatoms. The number of rotatable bonds is 6. The van der Waals surface area contributed by atoms with E-state index in [0.29, 0.717) is 19.5 Å². The molecule has 1 aromatic rings. The van der Waals surface area contributed by atoms with Gasteiger partial charge in [0.25, 0.3) is 0 Å². The minimum atomic E-state index is 0.118. The smallest absolute Gasteiger partial charge is 0.222 e. The maximum atomic E-state index is 11.9. The lowest BCUT2D eigenvalue weighted by Gasteiger charge is -2.21. The van der Waals surface area contributed by atoms with Crippen LogP contribution in [0, 0.1) is 13.8 Å². The lowest BCUT2D eigenvalue weighted by Crippen LogP contribution is -2.27. The van der Waals surface area contributed by atoms with Gasteiger partial charge in [0, 0.05) is 25.6 Å². The van der Waals surface area contributed by atoms with E-state index in [1.54, 1.807) is 12.0 Å². The van der Waals surface area contributed by atoms with Crippen molar-refractivity contribution in [1.82, 2.24) is 4.90 Å². The number of carbonyl (C=O) groups excluding carboxylic acids is 1. The number of carbonyl (C=O) groups is 1. The summed E-state index contributed by atoms with van der Waals surface area (Å²) in [6.45, 7) is 5.20. The molecule has 0 saturated carbocycles. The second-order valence-electron chi connectivity index (χ2n) is 4.90. The summed E-state index contributed by atoms with van der Waals surface area (Å²) in [5.41, 5.74) is 8.80. The summed E-state index contributed by atoms with van der Waals surface area (Å²) >= 11 is 0. The Kier molecular flexibility index (Phi) is 5.83. The van der Waals surface area contributed by atoms with E-state index >= 15 is 0 Å². The molecule has 0 radical (unpaired) electrons. The quantitative estimate of drug-likeness (QED) is 0.855. The topological polar surface area (TPSA) is 55.6 Å². The Morgan fingerprint density at radius 2 is 2.05 bits per heavy atom. The Hall–Kier alpha value is -1.55. The van der Waals surface area contributed by atoms with Gasteiger partial charge in [-0.05, 0) is 44.0 Å². The lowest BCUT2D eigenvalue weighted by molar-refractivity contribution is -0.130. The number of nitrogens with two attached hydrogens (primary N) is 1. The molecule has 106 valence electrons. The van der Waals surface area contributed by atoms with Gasteiger partial charge < -0.3 is 15.4 Å². The SMILES string of the molecule is COc1cc(C)cc(C)c1CN(C)C(=O)CCCN. The molecule has 0 fully saturated rings. The normalized spacial score (nSPS) is 10.4. The second-order valence-corrected chi connectivity index (χ2v) is 4.90. The van der Waals surface area contributed by atoms with Crippen molar-refractivity contribution in [3.8, 4) is 5.75 Å². The van der Waals surface area contributed by atoms with Gasteiger partial charge in [-0.1, -0.05) is 6.07 Å². The molecule has 1 rings (SSSR count). The largest absolute Gasteiger partial charge is 0.496 e. The fraction of sp³-hybridized carbons (Fsp3) is 0.533. The van der Waals surface area contributed by atoms with Gasteiger partial charge in [-0.25, -0.2) is 0 Å². The summed E-state index contributed by atoms with van der Waals surface area (Å²) in [6.07, 6.45) is 1.23. The first-order valence-electron chi connectivity index (χ1n) is 6.57. The average Bonchev–Trinajstić information content (AvgIpc) is 2.38. The predicted molar refractivity (Wildman–Crippen MR) is 77.2 cm³/mol. The molecular formula is C15H24N2O2. The molecule has 0 heterocycles. The zero-order valence-corrected chi connectivity index (χ0v) is 12.3. The van der Waals surface area contributed by atoms with E-state index < -0.39 is 0 Å². The molecular weight excluding hydrogens is 240 g/mol. The Morgan fingerprint density at radius 3 is 2.63 bits per heavy atom. The summed E-state index contributed by atoms with van der Waals surface area (Å²) < 4.78 is 5.41. The summed E-state index contributed by atoms with van der Waals surface area (Å²) in [7, 11) is 3.48. The van der Waals surface area contributed by atoms with Gasteiger partial charge in [-0.2, -0.15) is 0 Å². The molecule has 0 bridgehead atoms. The van der Waals surface area contributed by atoms with Crippen LogP contribution in [0.25, 0.3) is 0 Å². The van der Waals surface area contributed by atoms with E-state index in [-0.39, 0.29) is 5.91 Å². The standard InChI is InChI=1S/C15H24N2O2/c1-11-8-12(2)13(14(9-11)19-4)10-17(3)15(18)6-5-7-16/h8-9H,5-7,10,16H2,1-4H3. The summed E-state index contributed by atoms with van der Waals surface area (Å²) in [5, 5.41) is 0. The van der Waals surface area contributed by atoms with Gasteiger partial charge >= 0.3 is 0 Å². The highest BCUT2D eigenvalue weighted by Crippen LogP contribution is 2.25. The predicted octanol–water partition coefficient (Wildman–Crippen LogP) is 2.01. The summed E-state index contributed by atoms with van der Waals surface area (Å²) in [4.78, 5) is 13.6. The molecule has 2 N–H and O–H groups in total. The van der Waals surface area contributed by atoms with Crippen LogP contribution >= 0.6 is 0 Å². The van der Waals surface area contributed by atoms with Crippen molar-refractivity contribution < 1.29 is 9.53 Å². The number of benzene rings is 1. The number of hydrogen-bond donors (Lipinski definition) is 1. The van der Waals surface area contributed by atoms with Crippen molar-refractivity contribution in [2.75, 3.05) is 20.7 Å². The molecule has 1 aromatic carbocycles. The van der Waals surface area contributed by atoms with Crippen LogP contribution in [0.3, 0.4) is 0 Å². The van der Waals surface area contributed by atoms with Gasteiger partial charge in [0.15, 0.2) is 0 Å². The molecule has 0 aromatic heterocycles. The number of hydrogen-bond acceptors (Lipinski definition) is 3. The fourth-order valence-corrected chi connectivity index (χ4v) is 2.11. The fourth-order valence-electron chi connectivity index (χ4n) is 2.11. The number of ether oxygens (including phenoxy) is 1. The lowest BCUT2D eigenvalue weighted by atomic mass is 10.0. The van der Waals surface area contributed by atoms with Crippen LogP contribution in [0.1, 0.15) is 29.5 Å². The first-order valence-corrected chi connectivity index (χ1v) is 6.57. The molecule has 0 aliphatic heterocycles. The Morgan fingerprint density at radius 1 is 1.37 bits per heavy atom. The van der Waals surface area contributed by atoms with E-state index in [0.717, 1.165) is 28.9 Å². The van der Waals surface area contributed by atoms with Crippen molar-refractivity contribution in [3.05, 3.63) is 28.8 Å². The van der Waals surface area contributed by atoms with Gasteiger partial charge in [0.05, 0.1) is 7.11 Å². The zero-order chi connectivity index (χ0) is 14.4. The number of methoxy groups -OCH3 is 1. The van der Waals surface area contributed by atoms with Crippen molar-refractivity contribution in [2.24, 2.45) is 5.73 Å². The Bertz CT molecular complexity index is 444. The van der Waals surface area contributed by atoms with Crippen LogP contribution < -0.4 is 10.5 Å². The van der Waals surface area contributed by atoms with Gasteiger partial charge in [0.2, 0.25) is 5.91 Å². The van der Waals surface area contributed by atoms with E-state index in [1.165, 1.54) is 0 Å². The van der Waals surface area contributed by atoms with Crippen LogP contribution in [0.5, 0.6) is 5.75 Å². The molecule has 0 saturated heterocycles. The van der Waals surface area contributed by atoms with Crippen LogP contribution in [0.2, 0.25) is 0 Å². The van der Waals surface area contributed by atoms with Crippen molar-refractivity contribution in [3.63, 3.8) is 0 Å². The third kappa shape index (κ3) is 4.24. The van der Waals surface area contributed by atoms with Crippen LogP contribution in [-0.2, 0) is 11.3 Å². The van der Waals surface area contributed by atoms with Gasteiger partial charge in [0.1, 0.15) is 5.75 Å². The second kappa shape index (κ2) is 7.14. The molecule has 0 aliphatic carbocycles. The maximum Gasteiger partial charge on any atom is 0.222 e. The molecule has 1 amide bonds. The summed E-state index contributed by atoms with van der Waals surface area (Å²) in [6, 6.07) is 4.11. The molecule has 0 unspecified atom stereocenters. The van der Waals surface area contributed by atoms with Gasteiger partial charge in [-0.3, -0.25) is 4.79 Å². The molecule has 19 heavy (non-hydrogen) atoms. The van der Waals surface area contributed by atoms with E-state index in [9.17, 15) is 4.79 Å². The van der Waals surface area contributed by atoms with E-state index in [2.05, 4.69) is 6.07 Å². The highest BCUT2D eigenvalue weighted by molar-refractivity contribution is 5.76. The van der Waals surface area contributed by atoms with Crippen LogP contribution in [0.4, 0.5) is 0 Å². The van der Waals surface area contributed by atoms with Crippen molar-refractivity contribution in [2.45, 2.75) is 33.2 Å². The van der Waals surface area contributed by atoms with Crippen molar-refractivity contribution >= 4 is 5.91 Å². The Balaban J connectivity index is 2.84. The highest BCUT2D eigenvalue weighted by Gasteiger charge is 2.14. The third-order valence-corrected chi connectivity index (χ3v) is 3.21. The minimum Gasteiger partial charge on any atom is -0.496 e. The van der Waals surface area contributed by atoms with Crippen molar-refractivity contribution in [1.29, 1.82) is 0 Å². The average molecular weight is 264 g/mol. The summed E-state index contributed by atoms with van der Waals surface area (Å²) in [5.74, 6) is 0.962. The minimum absolute atomic E-state index is 0.118. The monoisotopic (exact) mass is 264 g/mol.